The van der Waals surface area contributed by atoms with Crippen LogP contribution in [0.15, 0.2) is 76.9 Å². The third-order valence-electron chi connectivity index (χ3n) is 8.69. The number of carbonyl (C=O) groups is 2. The van der Waals surface area contributed by atoms with Gasteiger partial charge in [-0.3, -0.25) is 4.79 Å². The topological polar surface area (TPSA) is 167 Å². The molecule has 1 unspecified atom stereocenters. The minimum absolute atomic E-state index is 0.00417. The van der Waals surface area contributed by atoms with E-state index in [4.69, 9.17) is 42.5 Å². The maximum Gasteiger partial charge on any atom is 0.342 e. The molecular weight excluding hydrogens is 760 g/mol. The summed E-state index contributed by atoms with van der Waals surface area (Å²) in [5.74, 6) is 0.839. The molecule has 1 aliphatic rings. The fourth-order valence-corrected chi connectivity index (χ4v) is 6.32. The average Bonchev–Trinajstić information content (AvgIpc) is 3.76. The van der Waals surface area contributed by atoms with Crippen molar-refractivity contribution < 1.29 is 57.2 Å². The summed E-state index contributed by atoms with van der Waals surface area (Å²) in [4.78, 5) is 24.4. The Labute approximate surface area is 343 Å². The first-order valence-corrected chi connectivity index (χ1v) is 19.2. The van der Waals surface area contributed by atoms with Gasteiger partial charge in [0.15, 0.2) is 23.0 Å². The van der Waals surface area contributed by atoms with Crippen molar-refractivity contribution in [3.63, 3.8) is 0 Å². The molecule has 1 aliphatic heterocycles. The molecule has 0 radical (unpaired) electrons. The number of aldehydes is 1. The number of rotatable bonds is 16. The van der Waals surface area contributed by atoms with Gasteiger partial charge in [0.2, 0.25) is 11.5 Å². The summed E-state index contributed by atoms with van der Waals surface area (Å²) >= 11 is 0. The lowest BCUT2D eigenvalue weighted by molar-refractivity contribution is -0.185. The van der Waals surface area contributed by atoms with Gasteiger partial charge in [0, 0.05) is 23.1 Å². The minimum atomic E-state index is -2.06. The lowest BCUT2D eigenvalue weighted by atomic mass is 9.88. The first-order valence-electron chi connectivity index (χ1n) is 19.2. The van der Waals surface area contributed by atoms with E-state index in [0.29, 0.717) is 79.1 Å². The van der Waals surface area contributed by atoms with Crippen molar-refractivity contribution >= 4 is 28.9 Å². The number of hydrogen-bond donors (Lipinski definition) is 1. The Morgan fingerprint density at radius 3 is 1.73 bits per heavy atom. The molecule has 1 aromatic heterocycles. The molecule has 2 heterocycles. The van der Waals surface area contributed by atoms with Gasteiger partial charge in [0.25, 0.3) is 5.79 Å². The number of aromatic nitrogens is 2. The highest BCUT2D eigenvalue weighted by molar-refractivity contribution is 6.20. The molecule has 14 nitrogen and oxygen atoms in total. The standard InChI is InChI=1S/C31H32N2O8.C14H20O4/c1-17(2)38-27-15-19(14-26(37-6)29(27)39-18(3)4)13-23-28(20-7-12-24-25(16-20)33-41-32-24)30(34)40-31(23,35)21-8-10-22(36-5)11-9-21;1-9(2)17-13-7-11(8-15)6-12(16-5)14(13)18-10(3)4/h7-12,14-18,35H,13H2,1-6H3;6-10H,1-5H3. The number of fused-ring (bicyclic) bond motifs is 1. The van der Waals surface area contributed by atoms with Crippen LogP contribution >= 0.6 is 0 Å². The second-order valence-corrected chi connectivity index (χ2v) is 14.7. The van der Waals surface area contributed by atoms with Crippen molar-refractivity contribution in [2.45, 2.75) is 92.0 Å². The predicted octanol–water partition coefficient (Wildman–Crippen LogP) is 8.29. The van der Waals surface area contributed by atoms with E-state index >= 15 is 0 Å². The molecule has 1 atom stereocenters. The molecule has 5 aromatic rings. The monoisotopic (exact) mass is 812 g/mol. The van der Waals surface area contributed by atoms with Crippen molar-refractivity contribution in [1.29, 1.82) is 0 Å². The average molecular weight is 813 g/mol. The van der Waals surface area contributed by atoms with Gasteiger partial charge in [0.1, 0.15) is 23.1 Å². The van der Waals surface area contributed by atoms with Crippen molar-refractivity contribution in [2.24, 2.45) is 0 Å². The largest absolute Gasteiger partial charge is 0.497 e. The Bertz CT molecular complexity index is 2280. The molecule has 0 spiro atoms. The molecule has 314 valence electrons. The smallest absolute Gasteiger partial charge is 0.342 e. The predicted molar refractivity (Wildman–Crippen MR) is 220 cm³/mol. The van der Waals surface area contributed by atoms with Crippen LogP contribution in [0.25, 0.3) is 16.6 Å². The zero-order chi connectivity index (χ0) is 43.0. The molecule has 0 fully saturated rings. The summed E-state index contributed by atoms with van der Waals surface area (Å²) in [7, 11) is 4.64. The van der Waals surface area contributed by atoms with E-state index in [1.807, 2.05) is 61.5 Å². The van der Waals surface area contributed by atoms with Crippen LogP contribution in [-0.2, 0) is 21.7 Å². The molecule has 6 rings (SSSR count). The van der Waals surface area contributed by atoms with Crippen LogP contribution in [-0.4, -0.2) is 73.4 Å². The Balaban J connectivity index is 0.000000309. The third kappa shape index (κ3) is 10.2. The summed E-state index contributed by atoms with van der Waals surface area (Å²) in [6.45, 7) is 15.3. The van der Waals surface area contributed by atoms with Crippen LogP contribution in [0, 0.1) is 0 Å². The van der Waals surface area contributed by atoms with E-state index in [2.05, 4.69) is 10.3 Å². The first-order chi connectivity index (χ1) is 28.1. The highest BCUT2D eigenvalue weighted by Gasteiger charge is 2.48. The molecule has 14 heteroatoms. The number of benzene rings is 4. The quantitative estimate of drug-likeness (QED) is 0.0746. The Morgan fingerprint density at radius 2 is 1.19 bits per heavy atom. The van der Waals surface area contributed by atoms with Gasteiger partial charge < -0.3 is 43.0 Å². The summed E-state index contributed by atoms with van der Waals surface area (Å²) < 4.78 is 50.3. The van der Waals surface area contributed by atoms with Gasteiger partial charge in [-0.2, -0.15) is 0 Å². The van der Waals surface area contributed by atoms with Gasteiger partial charge in [-0.1, -0.05) is 6.07 Å². The Hall–Kier alpha value is -6.28. The van der Waals surface area contributed by atoms with Crippen molar-refractivity contribution in [2.75, 3.05) is 21.3 Å². The molecule has 1 N–H and O–H groups in total. The van der Waals surface area contributed by atoms with Crippen LogP contribution < -0.4 is 33.2 Å². The number of esters is 1. The van der Waals surface area contributed by atoms with Gasteiger partial charge >= 0.3 is 5.97 Å². The number of nitrogens with zero attached hydrogens (tertiary/aromatic N) is 2. The number of aliphatic hydroxyl groups is 1. The lowest BCUT2D eigenvalue weighted by Gasteiger charge is -2.26. The second kappa shape index (κ2) is 19.0. The molecule has 59 heavy (non-hydrogen) atoms. The van der Waals surface area contributed by atoms with Crippen LogP contribution in [0.5, 0.6) is 40.2 Å². The van der Waals surface area contributed by atoms with Gasteiger partial charge in [-0.05, 0) is 137 Å². The van der Waals surface area contributed by atoms with Crippen LogP contribution in [0.1, 0.15) is 82.4 Å². The molecule has 0 amide bonds. The first kappa shape index (κ1) is 43.8. The number of ether oxygens (including phenoxy) is 8. The number of methoxy groups -OCH3 is 3. The molecule has 0 saturated carbocycles. The molecule has 0 bridgehead atoms. The van der Waals surface area contributed by atoms with E-state index in [9.17, 15) is 14.7 Å². The van der Waals surface area contributed by atoms with Crippen molar-refractivity contribution in [3.05, 3.63) is 94.6 Å². The Kier molecular flexibility index (Phi) is 14.1. The van der Waals surface area contributed by atoms with Crippen LogP contribution in [0.3, 0.4) is 0 Å². The van der Waals surface area contributed by atoms with E-state index in [-0.39, 0.29) is 36.4 Å². The van der Waals surface area contributed by atoms with E-state index < -0.39 is 11.8 Å². The van der Waals surface area contributed by atoms with Gasteiger partial charge in [-0.15, -0.1) is 0 Å². The molecule has 4 aromatic carbocycles. The lowest BCUT2D eigenvalue weighted by Crippen LogP contribution is -2.29. The fraction of sp³-hybridized carbons (Fsp3) is 0.378. The van der Waals surface area contributed by atoms with Crippen molar-refractivity contribution in [1.82, 2.24) is 10.3 Å². The molecule has 0 saturated heterocycles. The van der Waals surface area contributed by atoms with E-state index in [1.165, 1.54) is 7.11 Å². The Morgan fingerprint density at radius 1 is 0.661 bits per heavy atom. The maximum atomic E-state index is 13.5. The normalized spacial score (nSPS) is 15.0. The van der Waals surface area contributed by atoms with Crippen molar-refractivity contribution in [3.8, 4) is 40.2 Å². The number of carbonyl (C=O) groups excluding carboxylic acids is 2. The highest BCUT2D eigenvalue weighted by atomic mass is 16.7. The number of cyclic esters (lactones) is 1. The van der Waals surface area contributed by atoms with Crippen LogP contribution in [0.4, 0.5) is 0 Å². The van der Waals surface area contributed by atoms with Gasteiger partial charge in [-0.25, -0.2) is 9.42 Å². The zero-order valence-electron chi connectivity index (χ0n) is 35.3. The van der Waals surface area contributed by atoms with Gasteiger partial charge in [0.05, 0.1) is 51.3 Å². The van der Waals surface area contributed by atoms with E-state index in [0.717, 1.165) is 6.29 Å². The zero-order valence-corrected chi connectivity index (χ0v) is 35.3. The number of hydrogen-bond acceptors (Lipinski definition) is 14. The highest BCUT2D eigenvalue weighted by Crippen LogP contribution is 2.47. The summed E-state index contributed by atoms with van der Waals surface area (Å²) in [6.07, 6.45) is 0.595. The summed E-state index contributed by atoms with van der Waals surface area (Å²) in [5, 5.41) is 19.8. The second-order valence-electron chi connectivity index (χ2n) is 14.7. The minimum Gasteiger partial charge on any atom is -0.497 e. The summed E-state index contributed by atoms with van der Waals surface area (Å²) in [5.41, 5.74) is 3.61. The molecular formula is C45H52N2O12. The summed E-state index contributed by atoms with van der Waals surface area (Å²) in [6, 6.07) is 18.7. The van der Waals surface area contributed by atoms with Crippen LogP contribution in [0.2, 0.25) is 0 Å². The SMILES string of the molecule is COc1cc(C=O)cc(OC(C)C)c1OC(C)C.COc1ccc(C2(O)OC(=O)C(c3ccc4nonc4c3)=C2Cc2cc(OC)c(OC(C)C)c(OC(C)C)c2)cc1. The maximum absolute atomic E-state index is 13.5. The fourth-order valence-electron chi connectivity index (χ4n) is 6.32. The van der Waals surface area contributed by atoms with E-state index in [1.54, 1.807) is 74.9 Å². The third-order valence-corrected chi connectivity index (χ3v) is 8.69. The molecule has 0 aliphatic carbocycles.